The summed E-state index contributed by atoms with van der Waals surface area (Å²) in [6.07, 6.45) is 5.77. The molecule has 2 saturated carbocycles. The second-order valence-electron chi connectivity index (χ2n) is 5.99. The number of carboxylic acid groups (broad SMARTS) is 1. The molecule has 0 spiro atoms. The number of hydrogen-bond acceptors (Lipinski definition) is 3. The third kappa shape index (κ3) is 3.95. The van der Waals surface area contributed by atoms with Crippen LogP contribution in [0.4, 0.5) is 0 Å². The Balaban J connectivity index is 1.76. The highest BCUT2D eigenvalue weighted by molar-refractivity contribution is 5.84. The van der Waals surface area contributed by atoms with Crippen LogP contribution < -0.4 is 5.32 Å². The van der Waals surface area contributed by atoms with Crippen LogP contribution in [0.15, 0.2) is 0 Å². The molecule has 2 N–H and O–H groups in total. The Morgan fingerprint density at radius 1 is 1.15 bits per heavy atom. The van der Waals surface area contributed by atoms with Gasteiger partial charge in [-0.3, -0.25) is 14.5 Å². The maximum absolute atomic E-state index is 12.2. The average Bonchev–Trinajstić information content (AvgIpc) is 3.28. The predicted octanol–water partition coefficient (Wildman–Crippen LogP) is 1.48. The molecule has 1 amide bonds. The van der Waals surface area contributed by atoms with Crippen LogP contribution in [-0.2, 0) is 9.59 Å². The predicted molar refractivity (Wildman–Crippen MR) is 76.4 cm³/mol. The fraction of sp³-hybridized carbons (Fsp3) is 0.867. The van der Waals surface area contributed by atoms with E-state index in [0.717, 1.165) is 25.9 Å². The van der Waals surface area contributed by atoms with E-state index in [4.69, 9.17) is 0 Å². The highest BCUT2D eigenvalue weighted by atomic mass is 16.4. The lowest BCUT2D eigenvalue weighted by atomic mass is 9.79. The van der Waals surface area contributed by atoms with E-state index in [-0.39, 0.29) is 11.8 Å². The molecule has 0 saturated heterocycles. The third-order valence-corrected chi connectivity index (χ3v) is 4.59. The van der Waals surface area contributed by atoms with E-state index in [9.17, 15) is 14.7 Å². The molecule has 2 fully saturated rings. The first-order valence-corrected chi connectivity index (χ1v) is 7.88. The number of aliphatic carboxylic acids is 1. The summed E-state index contributed by atoms with van der Waals surface area (Å²) in [5.74, 6) is -1.71. The Morgan fingerprint density at radius 3 is 2.35 bits per heavy atom. The zero-order chi connectivity index (χ0) is 14.5. The standard InChI is InChI=1S/C15H26N2O3/c1-2-17(11-7-8-11)10-9-16-14(18)12-5-3-4-6-13(12)15(19)20/h11-13H,2-10H2,1H3,(H,16,18)(H,19,20). The van der Waals surface area contributed by atoms with Crippen LogP contribution in [0.1, 0.15) is 45.4 Å². The van der Waals surface area contributed by atoms with Crippen molar-refractivity contribution in [3.05, 3.63) is 0 Å². The largest absolute Gasteiger partial charge is 0.481 e. The van der Waals surface area contributed by atoms with E-state index in [1.54, 1.807) is 0 Å². The van der Waals surface area contributed by atoms with Crippen LogP contribution in [-0.4, -0.2) is 47.6 Å². The Hall–Kier alpha value is -1.10. The lowest BCUT2D eigenvalue weighted by molar-refractivity contribution is -0.148. The maximum Gasteiger partial charge on any atom is 0.307 e. The van der Waals surface area contributed by atoms with Crippen LogP contribution in [0, 0.1) is 11.8 Å². The number of rotatable bonds is 7. The van der Waals surface area contributed by atoms with Crippen LogP contribution in [0.2, 0.25) is 0 Å². The first kappa shape index (κ1) is 15.3. The fourth-order valence-electron chi connectivity index (χ4n) is 3.23. The van der Waals surface area contributed by atoms with E-state index in [1.165, 1.54) is 12.8 Å². The van der Waals surface area contributed by atoms with Crippen molar-refractivity contribution in [2.24, 2.45) is 11.8 Å². The van der Waals surface area contributed by atoms with Gasteiger partial charge < -0.3 is 10.4 Å². The van der Waals surface area contributed by atoms with E-state index < -0.39 is 11.9 Å². The molecule has 0 radical (unpaired) electrons. The number of nitrogens with one attached hydrogen (secondary N) is 1. The summed E-state index contributed by atoms with van der Waals surface area (Å²) in [6, 6.07) is 0.707. The molecule has 0 aliphatic heterocycles. The van der Waals surface area contributed by atoms with Gasteiger partial charge in [-0.2, -0.15) is 0 Å². The zero-order valence-corrected chi connectivity index (χ0v) is 12.3. The lowest BCUT2D eigenvalue weighted by Gasteiger charge is -2.28. The molecule has 0 aromatic carbocycles. The number of carboxylic acids is 1. The average molecular weight is 282 g/mol. The van der Waals surface area contributed by atoms with Crippen molar-refractivity contribution in [1.29, 1.82) is 0 Å². The fourth-order valence-corrected chi connectivity index (χ4v) is 3.23. The van der Waals surface area contributed by atoms with Gasteiger partial charge in [-0.15, -0.1) is 0 Å². The van der Waals surface area contributed by atoms with Crippen LogP contribution in [0.3, 0.4) is 0 Å². The molecule has 0 heterocycles. The molecule has 2 rings (SSSR count). The van der Waals surface area contributed by atoms with Crippen molar-refractivity contribution in [1.82, 2.24) is 10.2 Å². The minimum atomic E-state index is -0.821. The number of amides is 1. The minimum Gasteiger partial charge on any atom is -0.481 e. The number of carbonyl (C=O) groups is 2. The molecular formula is C15H26N2O3. The Labute approximate surface area is 120 Å². The summed E-state index contributed by atoms with van der Waals surface area (Å²) in [7, 11) is 0. The first-order chi connectivity index (χ1) is 9.63. The molecule has 20 heavy (non-hydrogen) atoms. The van der Waals surface area contributed by atoms with E-state index >= 15 is 0 Å². The van der Waals surface area contributed by atoms with Crippen molar-refractivity contribution in [3.63, 3.8) is 0 Å². The van der Waals surface area contributed by atoms with Gasteiger partial charge in [0.15, 0.2) is 0 Å². The van der Waals surface area contributed by atoms with E-state index in [0.29, 0.717) is 25.4 Å². The van der Waals surface area contributed by atoms with Crippen molar-refractivity contribution >= 4 is 11.9 Å². The molecule has 2 atom stereocenters. The van der Waals surface area contributed by atoms with Crippen LogP contribution in [0.5, 0.6) is 0 Å². The van der Waals surface area contributed by atoms with Gasteiger partial charge >= 0.3 is 5.97 Å². The van der Waals surface area contributed by atoms with E-state index in [2.05, 4.69) is 17.1 Å². The van der Waals surface area contributed by atoms with Gasteiger partial charge in [0, 0.05) is 19.1 Å². The quantitative estimate of drug-likeness (QED) is 0.742. The summed E-state index contributed by atoms with van der Waals surface area (Å²) in [6.45, 7) is 4.66. The second kappa shape index (κ2) is 7.07. The smallest absolute Gasteiger partial charge is 0.307 e. The van der Waals surface area contributed by atoms with Crippen molar-refractivity contribution in [2.75, 3.05) is 19.6 Å². The van der Waals surface area contributed by atoms with Gasteiger partial charge in [0.1, 0.15) is 0 Å². The minimum absolute atomic E-state index is 0.0658. The van der Waals surface area contributed by atoms with Gasteiger partial charge in [-0.05, 0) is 32.2 Å². The lowest BCUT2D eigenvalue weighted by Crippen LogP contribution is -2.42. The Kier molecular flexibility index (Phi) is 5.40. The summed E-state index contributed by atoms with van der Waals surface area (Å²) in [5.41, 5.74) is 0. The molecular weight excluding hydrogens is 256 g/mol. The highest BCUT2D eigenvalue weighted by Gasteiger charge is 2.35. The molecule has 2 aliphatic rings. The summed E-state index contributed by atoms with van der Waals surface area (Å²) in [4.78, 5) is 25.8. The van der Waals surface area contributed by atoms with Crippen molar-refractivity contribution in [3.8, 4) is 0 Å². The SMILES string of the molecule is CCN(CCNC(=O)C1CCCCC1C(=O)O)C1CC1. The topological polar surface area (TPSA) is 69.6 Å². The molecule has 2 unspecified atom stereocenters. The second-order valence-corrected chi connectivity index (χ2v) is 5.99. The van der Waals surface area contributed by atoms with Gasteiger partial charge in [0.05, 0.1) is 11.8 Å². The third-order valence-electron chi connectivity index (χ3n) is 4.59. The van der Waals surface area contributed by atoms with Gasteiger partial charge in [-0.25, -0.2) is 0 Å². The van der Waals surface area contributed by atoms with Crippen LogP contribution >= 0.6 is 0 Å². The van der Waals surface area contributed by atoms with Crippen LogP contribution in [0.25, 0.3) is 0 Å². The van der Waals surface area contributed by atoms with Gasteiger partial charge in [0.25, 0.3) is 0 Å². The maximum atomic E-state index is 12.2. The molecule has 5 nitrogen and oxygen atoms in total. The molecule has 0 aromatic heterocycles. The van der Waals surface area contributed by atoms with Crippen molar-refractivity contribution in [2.45, 2.75) is 51.5 Å². The first-order valence-electron chi connectivity index (χ1n) is 7.88. The molecule has 0 bridgehead atoms. The Bertz CT molecular complexity index is 355. The summed E-state index contributed by atoms with van der Waals surface area (Å²) in [5, 5.41) is 12.1. The van der Waals surface area contributed by atoms with E-state index in [1.807, 2.05) is 0 Å². The van der Waals surface area contributed by atoms with Crippen molar-refractivity contribution < 1.29 is 14.7 Å². The Morgan fingerprint density at radius 2 is 1.80 bits per heavy atom. The molecule has 0 aromatic rings. The normalized spacial score (nSPS) is 26.5. The molecule has 2 aliphatic carbocycles. The molecule has 5 heteroatoms. The number of nitrogens with zero attached hydrogens (tertiary/aromatic N) is 1. The highest BCUT2D eigenvalue weighted by Crippen LogP contribution is 2.30. The van der Waals surface area contributed by atoms with Gasteiger partial charge in [-0.1, -0.05) is 19.8 Å². The number of likely N-dealkylation sites (N-methyl/N-ethyl adjacent to an activating group) is 1. The summed E-state index contributed by atoms with van der Waals surface area (Å²) >= 11 is 0. The number of hydrogen-bond donors (Lipinski definition) is 2. The molecule has 114 valence electrons. The summed E-state index contributed by atoms with van der Waals surface area (Å²) < 4.78 is 0. The van der Waals surface area contributed by atoms with Gasteiger partial charge in [0.2, 0.25) is 5.91 Å². The number of carbonyl (C=O) groups excluding carboxylic acids is 1. The zero-order valence-electron chi connectivity index (χ0n) is 12.3. The monoisotopic (exact) mass is 282 g/mol.